The second kappa shape index (κ2) is 8.02. The van der Waals surface area contributed by atoms with Gasteiger partial charge in [0, 0.05) is 41.6 Å². The summed E-state index contributed by atoms with van der Waals surface area (Å²) in [6.45, 7) is 2.75. The van der Waals surface area contributed by atoms with Crippen LogP contribution in [0.2, 0.25) is 5.02 Å². The Morgan fingerprint density at radius 3 is 2.74 bits per heavy atom. The number of ketones is 1. The van der Waals surface area contributed by atoms with Gasteiger partial charge in [0.2, 0.25) is 0 Å². The average molecular weight is 438 g/mol. The van der Waals surface area contributed by atoms with Crippen LogP contribution in [0.4, 0.5) is 4.39 Å². The van der Waals surface area contributed by atoms with E-state index in [0.29, 0.717) is 29.5 Å². The summed E-state index contributed by atoms with van der Waals surface area (Å²) in [7, 11) is 0. The van der Waals surface area contributed by atoms with Gasteiger partial charge in [0.15, 0.2) is 5.78 Å². The summed E-state index contributed by atoms with van der Waals surface area (Å²) < 4.78 is 22.7. The summed E-state index contributed by atoms with van der Waals surface area (Å²) in [5, 5.41) is 1.48. The summed E-state index contributed by atoms with van der Waals surface area (Å²) in [6, 6.07) is 10.1. The van der Waals surface area contributed by atoms with Crippen LogP contribution in [0.5, 0.6) is 0 Å². The number of carbonyl (C=O) groups is 1. The van der Waals surface area contributed by atoms with E-state index in [-0.39, 0.29) is 23.6 Å². The van der Waals surface area contributed by atoms with Gasteiger partial charge in [-0.05, 0) is 62.1 Å². The van der Waals surface area contributed by atoms with Crippen LogP contribution in [-0.4, -0.2) is 33.5 Å². The Morgan fingerprint density at radius 2 is 2.00 bits per heavy atom. The van der Waals surface area contributed by atoms with Gasteiger partial charge in [0.1, 0.15) is 5.82 Å². The largest absolute Gasteiger partial charge is 0.381 e. The normalized spacial score (nSPS) is 16.1. The zero-order valence-electron chi connectivity index (χ0n) is 17.0. The van der Waals surface area contributed by atoms with Gasteiger partial charge in [0.25, 0.3) is 0 Å². The summed E-state index contributed by atoms with van der Waals surface area (Å²) in [4.78, 5) is 21.2. The van der Waals surface area contributed by atoms with E-state index in [0.717, 1.165) is 34.8 Å². The van der Waals surface area contributed by atoms with Gasteiger partial charge in [-0.25, -0.2) is 4.39 Å². The van der Waals surface area contributed by atoms with E-state index in [4.69, 9.17) is 16.3 Å². The number of fused-ring (bicyclic) bond motifs is 3. The fourth-order valence-corrected chi connectivity index (χ4v) is 4.74. The molecule has 1 aromatic carbocycles. The van der Waals surface area contributed by atoms with Crippen molar-refractivity contribution >= 4 is 39.3 Å². The molecule has 1 fully saturated rings. The number of rotatable bonds is 4. The molecule has 0 saturated carbocycles. The highest BCUT2D eigenvalue weighted by molar-refractivity contribution is 6.31. The Kier molecular flexibility index (Phi) is 5.20. The maximum atomic E-state index is 15.1. The fraction of sp³-hybridized carbons (Fsp3) is 0.292. The third-order valence-corrected chi connectivity index (χ3v) is 6.30. The fourth-order valence-electron chi connectivity index (χ4n) is 4.57. The van der Waals surface area contributed by atoms with E-state index in [1.54, 1.807) is 18.5 Å². The molecule has 4 heterocycles. The predicted molar refractivity (Wildman–Crippen MR) is 118 cm³/mol. The van der Waals surface area contributed by atoms with Crippen molar-refractivity contribution in [3.05, 3.63) is 70.9 Å². The molecule has 3 aromatic heterocycles. The lowest BCUT2D eigenvalue weighted by molar-refractivity contribution is 0.0543. The van der Waals surface area contributed by atoms with Gasteiger partial charge in [-0.2, -0.15) is 0 Å². The van der Waals surface area contributed by atoms with Crippen LogP contribution >= 0.6 is 11.6 Å². The Labute approximate surface area is 183 Å². The van der Waals surface area contributed by atoms with Gasteiger partial charge >= 0.3 is 0 Å². The molecule has 31 heavy (non-hydrogen) atoms. The quantitative estimate of drug-likeness (QED) is 0.390. The SMILES string of the molecule is CC(=O)c1cnc2c3ccc(Cl)cc3n(C(c3ncccc3F)C3CCOCC3)c2c1. The van der Waals surface area contributed by atoms with Crippen LogP contribution in [0, 0.1) is 11.7 Å². The number of benzene rings is 1. The summed E-state index contributed by atoms with van der Waals surface area (Å²) in [5.74, 6) is -0.320. The number of halogens is 2. The van der Waals surface area contributed by atoms with Gasteiger partial charge in [-0.15, -0.1) is 0 Å². The van der Waals surface area contributed by atoms with E-state index in [9.17, 15) is 4.79 Å². The van der Waals surface area contributed by atoms with E-state index in [1.807, 2.05) is 24.3 Å². The molecule has 5 nitrogen and oxygen atoms in total. The highest BCUT2D eigenvalue weighted by Crippen LogP contribution is 2.41. The number of hydrogen-bond acceptors (Lipinski definition) is 4. The van der Waals surface area contributed by atoms with Crippen LogP contribution in [-0.2, 0) is 4.74 Å². The second-order valence-corrected chi connectivity index (χ2v) is 8.38. The lowest BCUT2D eigenvalue weighted by Gasteiger charge is -2.32. The van der Waals surface area contributed by atoms with Gasteiger partial charge in [-0.3, -0.25) is 14.8 Å². The standard InChI is InChI=1S/C24H21ClFN3O2/c1-14(30)16-11-21-22(28-13-16)18-5-4-17(25)12-20(18)29(21)24(15-6-9-31-10-7-15)23-19(26)3-2-8-27-23/h2-5,8,11-13,15,24H,6-7,9-10H2,1H3. The molecule has 158 valence electrons. The first-order chi connectivity index (χ1) is 15.0. The molecule has 0 amide bonds. The smallest absolute Gasteiger partial charge is 0.161 e. The topological polar surface area (TPSA) is 57.0 Å². The Morgan fingerprint density at radius 1 is 1.19 bits per heavy atom. The molecular weight excluding hydrogens is 417 g/mol. The van der Waals surface area contributed by atoms with Crippen molar-refractivity contribution in [2.75, 3.05) is 13.2 Å². The van der Waals surface area contributed by atoms with Crippen molar-refractivity contribution in [1.82, 2.24) is 14.5 Å². The number of aromatic nitrogens is 3. The molecule has 1 unspecified atom stereocenters. The van der Waals surface area contributed by atoms with Gasteiger partial charge in [0.05, 0.1) is 28.3 Å². The molecule has 0 bridgehead atoms. The van der Waals surface area contributed by atoms with E-state index < -0.39 is 0 Å². The number of ether oxygens (including phenoxy) is 1. The van der Waals surface area contributed by atoms with Crippen molar-refractivity contribution < 1.29 is 13.9 Å². The van der Waals surface area contributed by atoms with Crippen LogP contribution in [0.15, 0.2) is 48.8 Å². The molecule has 0 radical (unpaired) electrons. The van der Waals surface area contributed by atoms with Crippen molar-refractivity contribution in [2.24, 2.45) is 5.92 Å². The summed E-state index contributed by atoms with van der Waals surface area (Å²) >= 11 is 6.37. The van der Waals surface area contributed by atoms with Crippen LogP contribution in [0.1, 0.15) is 41.9 Å². The molecule has 1 aliphatic heterocycles. The minimum absolute atomic E-state index is 0.0733. The van der Waals surface area contributed by atoms with Crippen LogP contribution in [0.3, 0.4) is 0 Å². The predicted octanol–water partition coefficient (Wildman–Crippen LogP) is 5.60. The molecule has 7 heteroatoms. The molecule has 1 saturated heterocycles. The first-order valence-corrected chi connectivity index (χ1v) is 10.7. The van der Waals surface area contributed by atoms with Crippen molar-refractivity contribution in [2.45, 2.75) is 25.8 Å². The number of hydrogen-bond donors (Lipinski definition) is 0. The number of nitrogens with zero attached hydrogens (tertiary/aromatic N) is 3. The van der Waals surface area contributed by atoms with E-state index in [1.165, 1.54) is 13.0 Å². The van der Waals surface area contributed by atoms with Crippen molar-refractivity contribution in [3.63, 3.8) is 0 Å². The van der Waals surface area contributed by atoms with Crippen molar-refractivity contribution in [3.8, 4) is 0 Å². The number of Topliss-reactive ketones (excluding diaryl/α,β-unsaturated/α-hetero) is 1. The van der Waals surface area contributed by atoms with Crippen LogP contribution < -0.4 is 0 Å². The molecule has 0 N–H and O–H groups in total. The van der Waals surface area contributed by atoms with Gasteiger partial charge in [-0.1, -0.05) is 11.6 Å². The lowest BCUT2D eigenvalue weighted by atomic mass is 9.88. The maximum absolute atomic E-state index is 15.1. The monoisotopic (exact) mass is 437 g/mol. The minimum atomic E-state index is -0.382. The maximum Gasteiger partial charge on any atom is 0.161 e. The highest BCUT2D eigenvalue weighted by atomic mass is 35.5. The van der Waals surface area contributed by atoms with E-state index >= 15 is 4.39 Å². The third-order valence-electron chi connectivity index (χ3n) is 6.07. The second-order valence-electron chi connectivity index (χ2n) is 7.94. The minimum Gasteiger partial charge on any atom is -0.381 e. The highest BCUT2D eigenvalue weighted by Gasteiger charge is 2.33. The Balaban J connectivity index is 1.87. The molecule has 5 rings (SSSR count). The zero-order valence-corrected chi connectivity index (χ0v) is 17.8. The third kappa shape index (κ3) is 3.50. The first-order valence-electron chi connectivity index (χ1n) is 10.3. The van der Waals surface area contributed by atoms with Crippen LogP contribution in [0.25, 0.3) is 21.9 Å². The van der Waals surface area contributed by atoms with Gasteiger partial charge < -0.3 is 9.30 Å². The summed E-state index contributed by atoms with van der Waals surface area (Å²) in [5.41, 5.74) is 3.25. The first kappa shape index (κ1) is 20.1. The zero-order chi connectivity index (χ0) is 21.5. The molecule has 4 aromatic rings. The molecular formula is C24H21ClFN3O2. The lowest BCUT2D eigenvalue weighted by Crippen LogP contribution is -2.28. The molecule has 0 spiro atoms. The molecule has 1 atom stereocenters. The summed E-state index contributed by atoms with van der Waals surface area (Å²) in [6.07, 6.45) is 4.77. The Bertz CT molecular complexity index is 1300. The van der Waals surface area contributed by atoms with E-state index in [2.05, 4.69) is 14.5 Å². The number of carbonyl (C=O) groups excluding carboxylic acids is 1. The Hall–Kier alpha value is -2.83. The molecule has 1 aliphatic rings. The average Bonchev–Trinajstić information content (AvgIpc) is 3.09. The molecule has 0 aliphatic carbocycles. The van der Waals surface area contributed by atoms with Crippen molar-refractivity contribution in [1.29, 1.82) is 0 Å². The number of pyridine rings is 2.